The van der Waals surface area contributed by atoms with Crippen LogP contribution in [0, 0.1) is 0 Å². The first-order valence-electron chi connectivity index (χ1n) is 25.7. The number of carbonyl (C=O) groups is 1. The molecule has 0 saturated heterocycles. The van der Waals surface area contributed by atoms with E-state index in [-0.39, 0.29) is 0 Å². The Bertz CT molecular complexity index is 878. The van der Waals surface area contributed by atoms with Crippen molar-refractivity contribution in [1.82, 2.24) is 5.32 Å². The number of hydrogen-bond acceptors (Lipinski definition) is 5. The van der Waals surface area contributed by atoms with Crippen molar-refractivity contribution >= 4 is 5.91 Å². The van der Waals surface area contributed by atoms with Crippen LogP contribution in [0.2, 0.25) is 0 Å². The van der Waals surface area contributed by atoms with E-state index in [1.807, 2.05) is 0 Å². The number of unbranched alkanes of at least 4 members (excludes halogenated alkanes) is 34. The van der Waals surface area contributed by atoms with E-state index in [1.54, 1.807) is 0 Å². The Hall–Kier alpha value is -1.21. The van der Waals surface area contributed by atoms with Gasteiger partial charge in [0, 0.05) is 0 Å². The van der Waals surface area contributed by atoms with Gasteiger partial charge in [-0.1, -0.05) is 244 Å². The van der Waals surface area contributed by atoms with Gasteiger partial charge in [0.1, 0.15) is 12.2 Å². The van der Waals surface area contributed by atoms with Gasteiger partial charge in [-0.3, -0.25) is 4.79 Å². The smallest absolute Gasteiger partial charge is 0.249 e. The second kappa shape index (κ2) is 46.8. The molecule has 0 radical (unpaired) electrons. The lowest BCUT2D eigenvalue weighted by atomic mass is 10.00. The number of nitrogens with one attached hydrogen (secondary N) is 1. The lowest BCUT2D eigenvalue weighted by Crippen LogP contribution is -2.53. The molecule has 5 N–H and O–H groups in total. The average molecular weight is 820 g/mol. The van der Waals surface area contributed by atoms with Gasteiger partial charge in [0.05, 0.1) is 18.8 Å². The Kier molecular flexibility index (Phi) is 45.9. The third-order valence-electron chi connectivity index (χ3n) is 12.1. The SMILES string of the molecule is CCCCCCCCCCCCCCC/C=C/CC/C=C/CCCC(O)C(O)C(CO)NC(=O)C(O)CCCCCCCCCCCCCCCCCCCCCC. The molecule has 0 aromatic heterocycles. The van der Waals surface area contributed by atoms with E-state index >= 15 is 0 Å². The molecule has 1 amide bonds. The fraction of sp³-hybridized carbons (Fsp3) is 0.904. The molecule has 58 heavy (non-hydrogen) atoms. The summed E-state index contributed by atoms with van der Waals surface area (Å²) in [6, 6.07) is -1.01. The number of rotatable bonds is 47. The van der Waals surface area contributed by atoms with Gasteiger partial charge in [0.2, 0.25) is 5.91 Å². The van der Waals surface area contributed by atoms with Crippen LogP contribution in [0.1, 0.15) is 271 Å². The van der Waals surface area contributed by atoms with Crippen molar-refractivity contribution in [3.63, 3.8) is 0 Å². The first-order valence-corrected chi connectivity index (χ1v) is 25.7. The lowest BCUT2D eigenvalue weighted by Gasteiger charge is -2.27. The number of amides is 1. The molecule has 0 aromatic carbocycles. The van der Waals surface area contributed by atoms with Crippen molar-refractivity contribution in [3.8, 4) is 0 Å². The Morgan fingerprint density at radius 1 is 0.414 bits per heavy atom. The van der Waals surface area contributed by atoms with Crippen molar-refractivity contribution in [1.29, 1.82) is 0 Å². The summed E-state index contributed by atoms with van der Waals surface area (Å²) in [5.41, 5.74) is 0. The summed E-state index contributed by atoms with van der Waals surface area (Å²) in [7, 11) is 0. The molecule has 0 aliphatic rings. The third-order valence-corrected chi connectivity index (χ3v) is 12.1. The van der Waals surface area contributed by atoms with Crippen molar-refractivity contribution in [2.75, 3.05) is 6.61 Å². The van der Waals surface area contributed by atoms with E-state index in [2.05, 4.69) is 43.5 Å². The van der Waals surface area contributed by atoms with Crippen LogP contribution in [0.4, 0.5) is 0 Å². The van der Waals surface area contributed by atoms with Crippen LogP contribution >= 0.6 is 0 Å². The Balaban J connectivity index is 3.71. The summed E-state index contributed by atoms with van der Waals surface area (Å²) in [4.78, 5) is 12.6. The van der Waals surface area contributed by atoms with Crippen molar-refractivity contribution in [2.24, 2.45) is 0 Å². The van der Waals surface area contributed by atoms with Crippen molar-refractivity contribution in [3.05, 3.63) is 24.3 Å². The lowest BCUT2D eigenvalue weighted by molar-refractivity contribution is -0.132. The number of aliphatic hydroxyl groups is 4. The van der Waals surface area contributed by atoms with E-state index < -0.39 is 36.9 Å². The van der Waals surface area contributed by atoms with Gasteiger partial charge in [0.25, 0.3) is 0 Å². The zero-order chi connectivity index (χ0) is 42.4. The molecule has 0 aliphatic heterocycles. The van der Waals surface area contributed by atoms with E-state index in [1.165, 1.54) is 199 Å². The highest BCUT2D eigenvalue weighted by Gasteiger charge is 2.28. The molecule has 0 rings (SSSR count). The van der Waals surface area contributed by atoms with Crippen molar-refractivity contribution in [2.45, 2.75) is 295 Å². The molecule has 0 heterocycles. The predicted octanol–water partition coefficient (Wildman–Crippen LogP) is 14.3. The highest BCUT2D eigenvalue weighted by atomic mass is 16.3. The molecule has 0 bridgehead atoms. The maximum Gasteiger partial charge on any atom is 0.249 e. The molecule has 4 atom stereocenters. The highest BCUT2D eigenvalue weighted by molar-refractivity contribution is 5.80. The van der Waals surface area contributed by atoms with E-state index in [4.69, 9.17) is 0 Å². The average Bonchev–Trinajstić information content (AvgIpc) is 3.23. The third kappa shape index (κ3) is 40.2. The zero-order valence-electron chi connectivity index (χ0n) is 38.8. The summed E-state index contributed by atoms with van der Waals surface area (Å²) < 4.78 is 0. The van der Waals surface area contributed by atoms with Gasteiger partial charge in [-0.2, -0.15) is 0 Å². The Morgan fingerprint density at radius 2 is 0.724 bits per heavy atom. The summed E-state index contributed by atoms with van der Waals surface area (Å²) in [5.74, 6) is -0.593. The molecule has 6 nitrogen and oxygen atoms in total. The van der Waals surface area contributed by atoms with Crippen LogP contribution in [0.15, 0.2) is 24.3 Å². The second-order valence-electron chi connectivity index (χ2n) is 17.9. The number of carbonyl (C=O) groups excluding carboxylic acids is 1. The molecule has 0 fully saturated rings. The van der Waals surface area contributed by atoms with Gasteiger partial charge >= 0.3 is 0 Å². The summed E-state index contributed by atoms with van der Waals surface area (Å²) >= 11 is 0. The van der Waals surface area contributed by atoms with E-state index in [0.717, 1.165) is 38.5 Å². The number of allylic oxidation sites excluding steroid dienone is 4. The van der Waals surface area contributed by atoms with Crippen LogP contribution in [0.25, 0.3) is 0 Å². The monoisotopic (exact) mass is 820 g/mol. The maximum atomic E-state index is 12.6. The van der Waals surface area contributed by atoms with Crippen LogP contribution in [-0.2, 0) is 4.79 Å². The largest absolute Gasteiger partial charge is 0.394 e. The topological polar surface area (TPSA) is 110 Å². The van der Waals surface area contributed by atoms with E-state index in [9.17, 15) is 25.2 Å². The van der Waals surface area contributed by atoms with Crippen LogP contribution in [0.3, 0.4) is 0 Å². The zero-order valence-corrected chi connectivity index (χ0v) is 38.8. The normalized spacial score (nSPS) is 14.1. The van der Waals surface area contributed by atoms with Gasteiger partial charge in [-0.25, -0.2) is 0 Å². The van der Waals surface area contributed by atoms with Gasteiger partial charge in [-0.15, -0.1) is 0 Å². The van der Waals surface area contributed by atoms with Crippen LogP contribution in [-0.4, -0.2) is 57.3 Å². The maximum absolute atomic E-state index is 12.6. The fourth-order valence-corrected chi connectivity index (χ4v) is 8.07. The molecule has 0 spiro atoms. The molecule has 4 unspecified atom stereocenters. The van der Waals surface area contributed by atoms with Crippen LogP contribution < -0.4 is 5.32 Å². The predicted molar refractivity (Wildman–Crippen MR) is 251 cm³/mol. The van der Waals surface area contributed by atoms with Crippen molar-refractivity contribution < 1.29 is 25.2 Å². The minimum Gasteiger partial charge on any atom is -0.394 e. The molecule has 0 aromatic rings. The molecular weight excluding hydrogens is 719 g/mol. The van der Waals surface area contributed by atoms with Crippen LogP contribution in [0.5, 0.6) is 0 Å². The molecule has 0 aliphatic carbocycles. The summed E-state index contributed by atoms with van der Waals surface area (Å²) in [6.45, 7) is 4.06. The summed E-state index contributed by atoms with van der Waals surface area (Å²) in [6.07, 6.45) is 55.1. The Labute approximate surface area is 361 Å². The first kappa shape index (κ1) is 56.8. The number of aliphatic hydroxyl groups excluding tert-OH is 4. The standard InChI is InChI=1S/C52H101NO5/c1-3-5-7-9-11-13-15-17-19-21-23-25-26-28-29-31-33-35-37-39-41-43-45-49(55)51(57)48(47-54)53-52(58)50(56)46-44-42-40-38-36-34-32-30-27-24-22-20-18-16-14-12-10-8-6-4-2/h29,31,37,39,48-51,54-57H,3-28,30,32-36,38,40-47H2,1-2H3,(H,53,58)/b31-29+,39-37+. The minimum absolute atomic E-state index is 0.364. The fourth-order valence-electron chi connectivity index (χ4n) is 8.07. The first-order chi connectivity index (χ1) is 28.5. The van der Waals surface area contributed by atoms with Gasteiger partial charge in [-0.05, 0) is 51.4 Å². The van der Waals surface area contributed by atoms with Gasteiger partial charge in [0.15, 0.2) is 0 Å². The minimum atomic E-state index is -1.29. The number of hydrogen-bond donors (Lipinski definition) is 5. The second-order valence-corrected chi connectivity index (χ2v) is 17.9. The van der Waals surface area contributed by atoms with Gasteiger partial charge < -0.3 is 25.7 Å². The highest BCUT2D eigenvalue weighted by Crippen LogP contribution is 2.17. The quantitative estimate of drug-likeness (QED) is 0.0310. The molecule has 0 saturated carbocycles. The molecular formula is C52H101NO5. The van der Waals surface area contributed by atoms with E-state index in [0.29, 0.717) is 19.3 Å². The molecule has 344 valence electrons. The Morgan fingerprint density at radius 3 is 1.09 bits per heavy atom. The molecule has 6 heteroatoms. The summed E-state index contributed by atoms with van der Waals surface area (Å²) in [5, 5.41) is 43.8.